The first-order valence-corrected chi connectivity index (χ1v) is 9.77. The number of ether oxygens (including phenoxy) is 2. The van der Waals surface area contributed by atoms with Crippen molar-refractivity contribution < 1.29 is 9.47 Å². The largest absolute Gasteiger partial charge is 0.497 e. The Morgan fingerprint density at radius 2 is 1.48 bits per heavy atom. The third-order valence-electron chi connectivity index (χ3n) is 5.50. The summed E-state index contributed by atoms with van der Waals surface area (Å²) in [6, 6.07) is 24.9. The maximum Gasteiger partial charge on any atom is 0.123 e. The zero-order chi connectivity index (χ0) is 19.8. The van der Waals surface area contributed by atoms with Crippen LogP contribution in [0.25, 0.3) is 28.1 Å². The lowest BCUT2D eigenvalue weighted by Gasteiger charge is -2.17. The molecular formula is C25H22N2O2. The van der Waals surface area contributed by atoms with Crippen molar-refractivity contribution in [3.05, 3.63) is 84.1 Å². The van der Waals surface area contributed by atoms with Crippen molar-refractivity contribution >= 4 is 0 Å². The van der Waals surface area contributed by atoms with Gasteiger partial charge in [-0.2, -0.15) is 5.10 Å². The normalized spacial score (nSPS) is 12.2. The molecule has 144 valence electrons. The van der Waals surface area contributed by atoms with Gasteiger partial charge in [0.15, 0.2) is 0 Å². The van der Waals surface area contributed by atoms with Gasteiger partial charge in [-0.3, -0.25) is 0 Å². The van der Waals surface area contributed by atoms with Crippen LogP contribution < -0.4 is 9.47 Å². The molecule has 0 amide bonds. The highest BCUT2D eigenvalue weighted by atomic mass is 16.5. The van der Waals surface area contributed by atoms with Gasteiger partial charge in [-0.15, -0.1) is 0 Å². The molecule has 0 fully saturated rings. The summed E-state index contributed by atoms with van der Waals surface area (Å²) in [6.45, 7) is 0. The minimum absolute atomic E-state index is 0.762. The summed E-state index contributed by atoms with van der Waals surface area (Å²) in [7, 11) is 3.36. The fraction of sp³-hybridized carbons (Fsp3) is 0.160. The first-order valence-electron chi connectivity index (χ1n) is 9.77. The molecule has 0 saturated carbocycles. The summed E-state index contributed by atoms with van der Waals surface area (Å²) in [5, 5.41) is 5.04. The van der Waals surface area contributed by atoms with Gasteiger partial charge in [-0.1, -0.05) is 42.5 Å². The molecule has 29 heavy (non-hydrogen) atoms. The van der Waals surface area contributed by atoms with Gasteiger partial charge in [0.1, 0.15) is 11.5 Å². The van der Waals surface area contributed by atoms with Crippen LogP contribution in [0.5, 0.6) is 11.5 Å². The quantitative estimate of drug-likeness (QED) is 0.479. The number of methoxy groups -OCH3 is 2. The smallest absolute Gasteiger partial charge is 0.123 e. The molecule has 4 aromatic rings. The highest BCUT2D eigenvalue weighted by Crippen LogP contribution is 2.43. The van der Waals surface area contributed by atoms with E-state index in [-0.39, 0.29) is 0 Å². The summed E-state index contributed by atoms with van der Waals surface area (Å²) in [4.78, 5) is 0. The molecule has 5 rings (SSSR count). The molecule has 0 N–H and O–H groups in total. The Labute approximate surface area is 170 Å². The number of benzene rings is 3. The highest BCUT2D eigenvalue weighted by Gasteiger charge is 2.27. The van der Waals surface area contributed by atoms with E-state index >= 15 is 0 Å². The standard InChI is InChI=1S/C25H22N2O2/c1-28-20-14-18(15-21(16-20)29-2)25-24-22-11-7-6-8-17(22)12-13-23(24)26-27(25)19-9-4-3-5-10-19/h3-11,14-16H,12-13H2,1-2H3. The Bertz CT molecular complexity index is 1160. The zero-order valence-corrected chi connectivity index (χ0v) is 16.6. The topological polar surface area (TPSA) is 36.3 Å². The number of nitrogens with zero attached hydrogens (tertiary/aromatic N) is 2. The van der Waals surface area contributed by atoms with Gasteiger partial charge in [0.05, 0.1) is 31.3 Å². The van der Waals surface area contributed by atoms with Crippen molar-refractivity contribution in [3.63, 3.8) is 0 Å². The Hall–Kier alpha value is -3.53. The first-order chi connectivity index (χ1) is 14.3. The minimum atomic E-state index is 0.762. The highest BCUT2D eigenvalue weighted by molar-refractivity contribution is 5.87. The summed E-state index contributed by atoms with van der Waals surface area (Å²) in [5.41, 5.74) is 8.08. The SMILES string of the molecule is COc1cc(OC)cc(-c2c3c(nn2-c2ccccc2)CCc2ccccc2-3)c1. The molecule has 0 saturated heterocycles. The lowest BCUT2D eigenvalue weighted by atomic mass is 9.87. The van der Waals surface area contributed by atoms with E-state index in [0.717, 1.165) is 47.0 Å². The van der Waals surface area contributed by atoms with Crippen molar-refractivity contribution in [3.8, 4) is 39.6 Å². The van der Waals surface area contributed by atoms with E-state index in [9.17, 15) is 0 Å². The molecule has 0 aliphatic heterocycles. The molecule has 0 unspecified atom stereocenters. The van der Waals surface area contributed by atoms with E-state index < -0.39 is 0 Å². The molecule has 0 radical (unpaired) electrons. The number of aryl methyl sites for hydroxylation is 2. The summed E-state index contributed by atoms with van der Waals surface area (Å²) in [5.74, 6) is 1.52. The van der Waals surface area contributed by atoms with Crippen LogP contribution in [-0.2, 0) is 12.8 Å². The van der Waals surface area contributed by atoms with E-state index in [0.29, 0.717) is 0 Å². The molecule has 3 aromatic carbocycles. The van der Waals surface area contributed by atoms with Crippen molar-refractivity contribution in [1.82, 2.24) is 9.78 Å². The van der Waals surface area contributed by atoms with E-state index in [4.69, 9.17) is 14.6 Å². The molecule has 4 nitrogen and oxygen atoms in total. The molecule has 1 aromatic heterocycles. The maximum atomic E-state index is 5.54. The third kappa shape index (κ3) is 2.97. The number of hydrogen-bond acceptors (Lipinski definition) is 3. The number of hydrogen-bond donors (Lipinski definition) is 0. The molecule has 1 heterocycles. The average molecular weight is 382 g/mol. The van der Waals surface area contributed by atoms with Gasteiger partial charge in [0, 0.05) is 17.2 Å². The van der Waals surface area contributed by atoms with Crippen molar-refractivity contribution in [2.45, 2.75) is 12.8 Å². The van der Waals surface area contributed by atoms with Crippen molar-refractivity contribution in [1.29, 1.82) is 0 Å². The Morgan fingerprint density at radius 3 is 2.21 bits per heavy atom. The third-order valence-corrected chi connectivity index (χ3v) is 5.50. The average Bonchev–Trinajstić information content (AvgIpc) is 3.19. The second kappa shape index (κ2) is 7.13. The lowest BCUT2D eigenvalue weighted by Crippen LogP contribution is -2.03. The van der Waals surface area contributed by atoms with Crippen LogP contribution in [0.4, 0.5) is 0 Å². The summed E-state index contributed by atoms with van der Waals surface area (Å²) >= 11 is 0. The second-order valence-electron chi connectivity index (χ2n) is 7.18. The van der Waals surface area contributed by atoms with Crippen LogP contribution in [0.15, 0.2) is 72.8 Å². The summed E-state index contributed by atoms with van der Waals surface area (Å²) in [6.07, 6.45) is 1.94. The fourth-order valence-corrected chi connectivity index (χ4v) is 4.12. The molecule has 1 aliphatic rings. The molecule has 1 aliphatic carbocycles. The summed E-state index contributed by atoms with van der Waals surface area (Å²) < 4.78 is 13.1. The van der Waals surface area contributed by atoms with Crippen LogP contribution >= 0.6 is 0 Å². The second-order valence-corrected chi connectivity index (χ2v) is 7.18. The maximum absolute atomic E-state index is 5.54. The van der Waals surface area contributed by atoms with Crippen molar-refractivity contribution in [2.75, 3.05) is 14.2 Å². The fourth-order valence-electron chi connectivity index (χ4n) is 4.12. The van der Waals surface area contributed by atoms with Gasteiger partial charge in [-0.25, -0.2) is 4.68 Å². The van der Waals surface area contributed by atoms with Gasteiger partial charge < -0.3 is 9.47 Å². The van der Waals surface area contributed by atoms with Gasteiger partial charge in [0.2, 0.25) is 0 Å². The van der Waals surface area contributed by atoms with E-state index in [1.807, 2.05) is 24.3 Å². The van der Waals surface area contributed by atoms with Crippen LogP contribution in [0.3, 0.4) is 0 Å². The molecule has 4 heteroatoms. The van der Waals surface area contributed by atoms with Crippen LogP contribution in [-0.4, -0.2) is 24.0 Å². The van der Waals surface area contributed by atoms with Crippen LogP contribution in [0, 0.1) is 0 Å². The number of rotatable bonds is 4. The van der Waals surface area contributed by atoms with Gasteiger partial charge >= 0.3 is 0 Å². The van der Waals surface area contributed by atoms with E-state index in [1.54, 1.807) is 14.2 Å². The predicted octanol–water partition coefficient (Wildman–Crippen LogP) is 5.32. The predicted molar refractivity (Wildman–Crippen MR) is 115 cm³/mol. The monoisotopic (exact) mass is 382 g/mol. The Balaban J connectivity index is 1.84. The van der Waals surface area contributed by atoms with E-state index in [1.165, 1.54) is 16.7 Å². The zero-order valence-electron chi connectivity index (χ0n) is 16.6. The Morgan fingerprint density at radius 1 is 0.793 bits per heavy atom. The molecule has 0 spiro atoms. The Kier molecular flexibility index (Phi) is 4.32. The molecule has 0 atom stereocenters. The minimum Gasteiger partial charge on any atom is -0.497 e. The van der Waals surface area contributed by atoms with Crippen LogP contribution in [0.1, 0.15) is 11.3 Å². The number of fused-ring (bicyclic) bond motifs is 3. The van der Waals surface area contributed by atoms with Crippen molar-refractivity contribution in [2.24, 2.45) is 0 Å². The number of aromatic nitrogens is 2. The van der Waals surface area contributed by atoms with Gasteiger partial charge in [0.25, 0.3) is 0 Å². The van der Waals surface area contributed by atoms with Gasteiger partial charge in [-0.05, 0) is 48.2 Å². The number of para-hydroxylation sites is 1. The lowest BCUT2D eigenvalue weighted by molar-refractivity contribution is 0.394. The molecular weight excluding hydrogens is 360 g/mol. The first kappa shape index (κ1) is 17.6. The van der Waals surface area contributed by atoms with Crippen LogP contribution in [0.2, 0.25) is 0 Å². The molecule has 0 bridgehead atoms. The van der Waals surface area contributed by atoms with E-state index in [2.05, 4.69) is 53.2 Å².